The maximum Gasteiger partial charge on any atom is 0.125 e. The van der Waals surface area contributed by atoms with E-state index in [1.807, 2.05) is 0 Å². The third kappa shape index (κ3) is 0.695. The monoisotopic (exact) mass is 704 g/mol. The molecule has 0 nitrogen and oxygen atoms in total. The van der Waals surface area contributed by atoms with Crippen molar-refractivity contribution in [3.8, 4) is 0 Å². The summed E-state index contributed by atoms with van der Waals surface area (Å²) in [4.78, 5) is 0. The van der Waals surface area contributed by atoms with Crippen LogP contribution in [0.15, 0.2) is 0 Å². The summed E-state index contributed by atoms with van der Waals surface area (Å²) < 4.78 is 0. The standard InChI is InChI=1S/C54H45B/c1-6-2-10-15-18-21-24-27-30-31-28-25-22-19-16-13-11-3-7-4-12-14-17-20-23-26-29-32-33-34-35-36-37-38-39-8(5-55-39)9(1)40(6,10)43(15,38)45(18,37)47(21,36)49(24,35)51(27,34)53(30,33)54(31,32)52(28,29)50(25,26)48(22,23)46(19,20)44(16,17)42(13,14)41(7,11)12/h6-39,55H,1-5H2. The predicted molar refractivity (Wildman–Crippen MR) is 186 cm³/mol. The maximum absolute atomic E-state index is 1.77. The molecule has 1 saturated heterocycles. The van der Waals surface area contributed by atoms with Gasteiger partial charge in [0.1, 0.15) is 7.28 Å². The van der Waals surface area contributed by atoms with Crippen molar-refractivity contribution in [2.75, 3.05) is 0 Å². The molecule has 32 aliphatic carbocycles. The molecule has 33 rings (SSSR count). The van der Waals surface area contributed by atoms with Crippen molar-refractivity contribution >= 4 is 7.28 Å². The van der Waals surface area contributed by atoms with Gasteiger partial charge in [0, 0.05) is 0 Å². The van der Waals surface area contributed by atoms with Gasteiger partial charge in [0.05, 0.1) is 0 Å². The topological polar surface area (TPSA) is 0 Å². The molecule has 264 valence electrons. The first-order valence-electron chi connectivity index (χ1n) is 27.3. The van der Waals surface area contributed by atoms with Crippen molar-refractivity contribution in [2.45, 2.75) is 37.8 Å². The van der Waals surface area contributed by atoms with Crippen LogP contribution in [0.3, 0.4) is 0 Å². The van der Waals surface area contributed by atoms with Gasteiger partial charge in [0.2, 0.25) is 0 Å². The van der Waals surface area contributed by atoms with E-state index < -0.39 is 0 Å². The fraction of sp³-hybridized carbons (Fsp3) is 1.00. The van der Waals surface area contributed by atoms with Crippen LogP contribution in [-0.4, -0.2) is 7.28 Å². The zero-order valence-corrected chi connectivity index (χ0v) is 31.4. The van der Waals surface area contributed by atoms with E-state index in [1.54, 1.807) is 39.3 Å². The molecule has 1 heterocycles. The highest BCUT2D eigenvalue weighted by Crippen LogP contribution is 3.42. The zero-order chi connectivity index (χ0) is 31.4. The van der Waals surface area contributed by atoms with Crippen molar-refractivity contribution in [3.63, 3.8) is 0 Å². The van der Waals surface area contributed by atoms with Crippen LogP contribution >= 0.6 is 0 Å². The third-order valence-corrected chi connectivity index (χ3v) is 42.2. The second kappa shape index (κ2) is 3.88. The molecule has 0 aromatic heterocycles. The lowest BCUT2D eigenvalue weighted by Crippen LogP contribution is -3.38. The Kier molecular flexibility index (Phi) is 1.50. The summed E-state index contributed by atoms with van der Waals surface area (Å²) in [6.07, 6.45) is 8.77. The van der Waals surface area contributed by atoms with E-state index in [-0.39, 0.29) is 0 Å². The van der Waals surface area contributed by atoms with Crippen LogP contribution in [0.5, 0.6) is 0 Å². The summed E-state index contributed by atoms with van der Waals surface area (Å²) >= 11 is 0. The molecule has 0 aromatic rings. The summed E-state index contributed by atoms with van der Waals surface area (Å²) in [5.41, 5.74) is 16.2. The first-order valence-corrected chi connectivity index (χ1v) is 27.3. The van der Waals surface area contributed by atoms with Crippen LogP contribution in [0.1, 0.15) is 25.7 Å². The van der Waals surface area contributed by atoms with Gasteiger partial charge in [-0.15, -0.1) is 0 Å². The number of hydrogen-bond donors (Lipinski definition) is 0. The van der Waals surface area contributed by atoms with E-state index in [1.165, 1.54) is 201 Å². The second-order valence-electron chi connectivity index (χ2n) is 33.5. The van der Waals surface area contributed by atoms with Crippen molar-refractivity contribution < 1.29 is 0 Å². The molecule has 0 amide bonds. The highest BCUT2D eigenvalue weighted by molar-refractivity contribution is 6.42. The zero-order valence-electron chi connectivity index (χ0n) is 31.4. The fourth-order valence-corrected chi connectivity index (χ4v) is 49.3. The van der Waals surface area contributed by atoms with Gasteiger partial charge >= 0.3 is 0 Å². The highest BCUT2D eigenvalue weighted by atomic mass is 15.4. The molecule has 0 N–H and O–H groups in total. The average molecular weight is 705 g/mol. The van der Waals surface area contributed by atoms with Crippen molar-refractivity contribution in [3.05, 3.63) is 0 Å². The lowest BCUT2D eigenvalue weighted by Gasteiger charge is -3.40. The van der Waals surface area contributed by atoms with E-state index >= 15 is 0 Å². The number of rotatable bonds is 0. The lowest BCUT2D eigenvalue weighted by molar-refractivity contribution is -0.945. The summed E-state index contributed by atoms with van der Waals surface area (Å²) in [5, 5.41) is 0. The Balaban J connectivity index is 0.617. The van der Waals surface area contributed by atoms with Crippen LogP contribution in [-0.2, 0) is 0 Å². The molecule has 1 heteroatoms. The van der Waals surface area contributed by atoms with Crippen LogP contribution in [0, 0.1) is 277 Å². The molecule has 0 radical (unpaired) electrons. The quantitative estimate of drug-likeness (QED) is 0.281. The largest absolute Gasteiger partial charge is 0.125 e. The molecule has 15 spiro atoms. The summed E-state index contributed by atoms with van der Waals surface area (Å²) in [7, 11) is 1.73. The van der Waals surface area contributed by atoms with Gasteiger partial charge in [-0.25, -0.2) is 0 Å². The smallest absolute Gasteiger partial charge is 0.0744 e. The molecule has 32 saturated carbocycles. The fourth-order valence-electron chi connectivity index (χ4n) is 49.3. The Morgan fingerprint density at radius 3 is 0.818 bits per heavy atom. The van der Waals surface area contributed by atoms with E-state index in [2.05, 4.69) is 0 Å². The van der Waals surface area contributed by atoms with Gasteiger partial charge in [-0.05, 0) is 302 Å². The molecule has 0 bridgehead atoms. The minimum atomic E-state index is 1.03. The van der Waals surface area contributed by atoms with Crippen molar-refractivity contribution in [1.29, 1.82) is 0 Å². The van der Waals surface area contributed by atoms with Gasteiger partial charge in [0.15, 0.2) is 0 Å². The molecule has 33 aliphatic rings. The van der Waals surface area contributed by atoms with Crippen molar-refractivity contribution in [2.24, 2.45) is 277 Å². The third-order valence-electron chi connectivity index (χ3n) is 42.2. The lowest BCUT2D eigenvalue weighted by atomic mass is 8.63. The first kappa shape index (κ1) is 21.2. The van der Waals surface area contributed by atoms with E-state index in [0.717, 1.165) is 81.2 Å². The molecule has 49 unspecified atom stereocenters. The van der Waals surface area contributed by atoms with E-state index in [9.17, 15) is 0 Å². The Bertz CT molecular complexity index is 3030. The molecule has 1 aliphatic heterocycles. The number of fused-ring (bicyclic) bond motifs is 30. The van der Waals surface area contributed by atoms with Gasteiger partial charge in [0.25, 0.3) is 0 Å². The van der Waals surface area contributed by atoms with Gasteiger partial charge < -0.3 is 0 Å². The molecule has 33 fully saturated rings. The van der Waals surface area contributed by atoms with E-state index in [4.69, 9.17) is 0 Å². The summed E-state index contributed by atoms with van der Waals surface area (Å²) in [5.74, 6) is 46.3. The number of hydrogen-bond acceptors (Lipinski definition) is 0. The summed E-state index contributed by atoms with van der Waals surface area (Å²) in [6, 6.07) is 0. The minimum Gasteiger partial charge on any atom is -0.0744 e. The van der Waals surface area contributed by atoms with Crippen LogP contribution in [0.2, 0.25) is 12.1 Å². The Morgan fingerprint density at radius 2 is 0.509 bits per heavy atom. The molecule has 0 aromatic carbocycles. The first-order chi connectivity index (χ1) is 27.3. The van der Waals surface area contributed by atoms with Gasteiger partial charge in [-0.3, -0.25) is 0 Å². The van der Waals surface area contributed by atoms with Crippen LogP contribution in [0.25, 0.3) is 0 Å². The predicted octanol–water partition coefficient (Wildman–Crippen LogP) is 5.77. The second-order valence-corrected chi connectivity index (χ2v) is 33.5. The highest BCUT2D eigenvalue weighted by Gasteiger charge is 3.40. The van der Waals surface area contributed by atoms with Crippen molar-refractivity contribution in [1.82, 2.24) is 0 Å². The van der Waals surface area contributed by atoms with Crippen LogP contribution in [0.4, 0.5) is 0 Å². The molecule has 49 atom stereocenters. The SMILES string of the molecule is B1CC2C1C1C3C4C5C6C7C8C9C%10C%11C%12C%13C%14C%15CC%16CC%17C%18C%19C%20C%21C%22C%23C%24C%25C%26C%27C%28C%29C%30C%31CC%32CC2C%32%31C1%30C3%29C4%28C5%27C6%26C7%25C8%24C9%23C%10%22C%11%21C%12%20C%13%19C%14%18C%16%15%17. The molecular formula is C54H45B. The normalized spacial score (nSPS) is 122. The average Bonchev–Trinajstić information content (AvgIpc) is 3.05. The molecule has 55 heavy (non-hydrogen) atoms. The Morgan fingerprint density at radius 1 is 0.255 bits per heavy atom. The maximum atomic E-state index is 1.77. The van der Waals surface area contributed by atoms with Gasteiger partial charge in [-0.1, -0.05) is 12.1 Å². The van der Waals surface area contributed by atoms with Crippen LogP contribution < -0.4 is 0 Å². The minimum absolute atomic E-state index is 1.03. The Hall–Kier alpha value is 0.0649. The van der Waals surface area contributed by atoms with Gasteiger partial charge in [-0.2, -0.15) is 0 Å². The summed E-state index contributed by atoms with van der Waals surface area (Å²) in [6.45, 7) is 0. The van der Waals surface area contributed by atoms with E-state index in [0.29, 0.717) is 0 Å². The Labute approximate surface area is 320 Å². The molecular weight excluding hydrogens is 659 g/mol.